The number of carbonyl (C=O) groups excluding carboxylic acids is 1. The number of benzene rings is 1. The van der Waals surface area contributed by atoms with Crippen LogP contribution in [0.15, 0.2) is 32.3 Å². The van der Waals surface area contributed by atoms with E-state index in [1.54, 1.807) is 20.2 Å². The van der Waals surface area contributed by atoms with Crippen LogP contribution in [-0.4, -0.2) is 40.2 Å². The summed E-state index contributed by atoms with van der Waals surface area (Å²) in [5, 5.41) is 17.2. The Morgan fingerprint density at radius 1 is 1.23 bits per heavy atom. The summed E-state index contributed by atoms with van der Waals surface area (Å²) >= 11 is 3.00. The fourth-order valence-corrected chi connectivity index (χ4v) is 2.13. The van der Waals surface area contributed by atoms with Gasteiger partial charge < -0.3 is 15.3 Å². The number of anilines is 2. The van der Waals surface area contributed by atoms with Crippen molar-refractivity contribution < 1.29 is 9.90 Å². The summed E-state index contributed by atoms with van der Waals surface area (Å²) in [5.41, 5.74) is -0.997. The molecular formula is C13H13BrN4O4. The van der Waals surface area contributed by atoms with Crippen LogP contribution in [0.5, 0.6) is 5.75 Å². The van der Waals surface area contributed by atoms with Crippen LogP contribution in [0.3, 0.4) is 0 Å². The maximum atomic E-state index is 12.0. The molecule has 0 bridgehead atoms. The lowest BCUT2D eigenvalue weighted by atomic mass is 10.1. The summed E-state index contributed by atoms with van der Waals surface area (Å²) in [4.78, 5) is 36.5. The molecule has 0 aliphatic carbocycles. The number of aromatic nitrogens is 2. The largest absolute Gasteiger partial charge is 0.505 e. The monoisotopic (exact) mass is 368 g/mol. The quantitative estimate of drug-likeness (QED) is 0.602. The zero-order valence-electron chi connectivity index (χ0n) is 11.7. The van der Waals surface area contributed by atoms with Gasteiger partial charge in [0.1, 0.15) is 10.2 Å². The number of hydrogen-bond donors (Lipinski definition) is 4. The molecule has 1 heterocycles. The van der Waals surface area contributed by atoms with Crippen LogP contribution >= 0.6 is 15.9 Å². The number of nitrogens with zero attached hydrogens (tertiary/aromatic N) is 1. The van der Waals surface area contributed by atoms with Crippen LogP contribution in [0, 0.1) is 0 Å². The van der Waals surface area contributed by atoms with Gasteiger partial charge in [-0.1, -0.05) is 6.07 Å². The lowest BCUT2D eigenvalue weighted by Gasteiger charge is -2.14. The molecule has 0 saturated carbocycles. The SMILES string of the molecule is CN(C)C(=O)c1cccc(Nc2c(Br)c(=O)[nH][nH]c2=O)c1O. The van der Waals surface area contributed by atoms with E-state index in [1.807, 2.05) is 0 Å². The van der Waals surface area contributed by atoms with Crippen molar-refractivity contribution in [3.8, 4) is 5.75 Å². The summed E-state index contributed by atoms with van der Waals surface area (Å²) in [6.45, 7) is 0. The number of hydrogen-bond acceptors (Lipinski definition) is 5. The van der Waals surface area contributed by atoms with Crippen molar-refractivity contribution in [2.45, 2.75) is 0 Å². The molecule has 2 aromatic rings. The van der Waals surface area contributed by atoms with Gasteiger partial charge in [0.2, 0.25) is 0 Å². The van der Waals surface area contributed by atoms with E-state index in [0.29, 0.717) is 0 Å². The van der Waals surface area contributed by atoms with Crippen molar-refractivity contribution in [3.63, 3.8) is 0 Å². The van der Waals surface area contributed by atoms with Crippen LogP contribution in [0.25, 0.3) is 0 Å². The summed E-state index contributed by atoms with van der Waals surface area (Å²) in [6.07, 6.45) is 0. The van der Waals surface area contributed by atoms with Crippen molar-refractivity contribution >= 4 is 33.2 Å². The number of aromatic amines is 2. The van der Waals surface area contributed by atoms with Gasteiger partial charge in [0.25, 0.3) is 17.0 Å². The number of rotatable bonds is 3. The Morgan fingerprint density at radius 3 is 2.50 bits per heavy atom. The molecule has 0 spiro atoms. The lowest BCUT2D eigenvalue weighted by Crippen LogP contribution is -2.23. The molecule has 2 rings (SSSR count). The highest BCUT2D eigenvalue weighted by molar-refractivity contribution is 9.10. The second-order valence-corrected chi connectivity index (χ2v) is 5.42. The number of H-pyrrole nitrogens is 2. The van der Waals surface area contributed by atoms with Crippen LogP contribution in [0.2, 0.25) is 0 Å². The second-order valence-electron chi connectivity index (χ2n) is 4.62. The van der Waals surface area contributed by atoms with E-state index in [0.717, 1.165) is 0 Å². The van der Waals surface area contributed by atoms with E-state index in [-0.39, 0.29) is 33.1 Å². The summed E-state index contributed by atoms with van der Waals surface area (Å²) in [5.74, 6) is -0.701. The Balaban J connectivity index is 2.51. The average Bonchev–Trinajstić information content (AvgIpc) is 2.48. The van der Waals surface area contributed by atoms with Crippen molar-refractivity contribution in [2.75, 3.05) is 19.4 Å². The van der Waals surface area contributed by atoms with E-state index >= 15 is 0 Å². The molecule has 0 radical (unpaired) electrons. The fourth-order valence-electron chi connectivity index (χ4n) is 1.75. The van der Waals surface area contributed by atoms with Crippen molar-refractivity contribution in [2.24, 2.45) is 0 Å². The maximum Gasteiger partial charge on any atom is 0.287 e. The summed E-state index contributed by atoms with van der Waals surface area (Å²) < 4.78 is -0.0139. The summed E-state index contributed by atoms with van der Waals surface area (Å²) in [6, 6.07) is 4.49. The molecule has 0 unspecified atom stereocenters. The third-order valence-corrected chi connectivity index (χ3v) is 3.62. The minimum Gasteiger partial charge on any atom is -0.505 e. The molecule has 0 atom stereocenters. The van der Waals surface area contributed by atoms with E-state index in [9.17, 15) is 19.5 Å². The molecule has 1 aromatic heterocycles. The molecule has 116 valence electrons. The number of amides is 1. The Kier molecular flexibility index (Phi) is 4.36. The molecule has 1 amide bonds. The Bertz CT molecular complexity index is 841. The van der Waals surface area contributed by atoms with Gasteiger partial charge in [0.15, 0.2) is 5.75 Å². The van der Waals surface area contributed by atoms with Gasteiger partial charge >= 0.3 is 0 Å². The van der Waals surface area contributed by atoms with E-state index in [1.165, 1.54) is 17.0 Å². The van der Waals surface area contributed by atoms with Gasteiger partial charge in [-0.05, 0) is 28.1 Å². The highest BCUT2D eigenvalue weighted by Crippen LogP contribution is 2.31. The zero-order chi connectivity index (χ0) is 16.4. The minimum atomic E-state index is -0.588. The minimum absolute atomic E-state index is 0.0139. The number of halogens is 1. The molecule has 0 saturated heterocycles. The first-order chi connectivity index (χ1) is 10.3. The second kappa shape index (κ2) is 6.06. The highest BCUT2D eigenvalue weighted by atomic mass is 79.9. The predicted molar refractivity (Wildman–Crippen MR) is 84.8 cm³/mol. The Morgan fingerprint density at radius 2 is 1.86 bits per heavy atom. The van der Waals surface area contributed by atoms with Gasteiger partial charge in [-0.2, -0.15) is 0 Å². The number of carbonyl (C=O) groups is 1. The highest BCUT2D eigenvalue weighted by Gasteiger charge is 2.17. The average molecular weight is 369 g/mol. The normalized spacial score (nSPS) is 10.3. The first-order valence-corrected chi connectivity index (χ1v) is 6.93. The number of para-hydroxylation sites is 1. The molecule has 1 aromatic carbocycles. The number of phenolic OH excluding ortho intramolecular Hbond substituents is 1. The molecule has 22 heavy (non-hydrogen) atoms. The third-order valence-electron chi connectivity index (χ3n) is 2.87. The van der Waals surface area contributed by atoms with Crippen molar-refractivity contribution in [1.29, 1.82) is 0 Å². The standard InChI is InChI=1S/C13H13BrN4O4/c1-18(2)13(22)6-4-3-5-7(10(6)19)15-9-8(14)11(20)16-17-12(9)21/h3-5,19H,1-2H3,(H,17,21)(H2,15,16,20). The van der Waals surface area contributed by atoms with Gasteiger partial charge in [-0.3, -0.25) is 24.6 Å². The molecule has 0 fully saturated rings. The summed E-state index contributed by atoms with van der Waals surface area (Å²) in [7, 11) is 3.11. The predicted octanol–water partition coefficient (Wildman–Crippen LogP) is 0.977. The van der Waals surface area contributed by atoms with E-state index in [2.05, 4.69) is 31.4 Å². The molecule has 4 N–H and O–H groups in total. The zero-order valence-corrected chi connectivity index (χ0v) is 13.3. The number of phenols is 1. The van der Waals surface area contributed by atoms with Gasteiger partial charge in [-0.15, -0.1) is 0 Å². The van der Waals surface area contributed by atoms with Crippen molar-refractivity contribution in [3.05, 3.63) is 48.9 Å². The maximum absolute atomic E-state index is 12.0. The molecular weight excluding hydrogens is 356 g/mol. The van der Waals surface area contributed by atoms with Crippen LogP contribution in [-0.2, 0) is 0 Å². The first kappa shape index (κ1) is 15.8. The van der Waals surface area contributed by atoms with Crippen LogP contribution in [0.4, 0.5) is 11.4 Å². The Labute approximate surface area is 132 Å². The molecule has 0 aliphatic heterocycles. The topological polar surface area (TPSA) is 118 Å². The smallest absolute Gasteiger partial charge is 0.287 e. The van der Waals surface area contributed by atoms with Crippen LogP contribution < -0.4 is 16.4 Å². The molecule has 9 heteroatoms. The first-order valence-electron chi connectivity index (χ1n) is 6.14. The van der Waals surface area contributed by atoms with E-state index < -0.39 is 11.1 Å². The van der Waals surface area contributed by atoms with Gasteiger partial charge in [-0.25, -0.2) is 0 Å². The van der Waals surface area contributed by atoms with Crippen LogP contribution in [0.1, 0.15) is 10.4 Å². The van der Waals surface area contributed by atoms with Crippen molar-refractivity contribution in [1.82, 2.24) is 15.1 Å². The number of aromatic hydroxyl groups is 1. The van der Waals surface area contributed by atoms with Gasteiger partial charge in [0, 0.05) is 14.1 Å². The lowest BCUT2D eigenvalue weighted by molar-refractivity contribution is 0.0825. The fraction of sp³-hybridized carbons (Fsp3) is 0.154. The molecule has 0 aliphatic rings. The van der Waals surface area contributed by atoms with Gasteiger partial charge in [0.05, 0.1) is 11.3 Å². The Hall–Kier alpha value is -2.55. The number of nitrogens with one attached hydrogen (secondary N) is 3. The molecule has 8 nitrogen and oxygen atoms in total. The third kappa shape index (κ3) is 2.89. The van der Waals surface area contributed by atoms with E-state index in [4.69, 9.17) is 0 Å².